The van der Waals surface area contributed by atoms with E-state index in [1.807, 2.05) is 6.92 Å². The lowest BCUT2D eigenvalue weighted by atomic mass is 10.2. The van der Waals surface area contributed by atoms with E-state index in [2.05, 4.69) is 47.3 Å². The summed E-state index contributed by atoms with van der Waals surface area (Å²) in [4.78, 5) is 18.1. The third kappa shape index (κ3) is 2.79. The maximum atomic E-state index is 4.53. The van der Waals surface area contributed by atoms with E-state index in [-0.39, 0.29) is 0 Å². The number of H-pyrrole nitrogens is 1. The zero-order valence-electron chi connectivity index (χ0n) is 13.3. The SMILES string of the molecule is Cc1nc(CN2CCN(c3ncnc4c(C)csc34)CC2)n[nH]1. The van der Waals surface area contributed by atoms with Crippen molar-refractivity contribution in [2.75, 3.05) is 31.1 Å². The number of aryl methyl sites for hydroxylation is 2. The fourth-order valence-electron chi connectivity index (χ4n) is 2.96. The number of thiophene rings is 1. The molecule has 0 aliphatic carbocycles. The number of rotatable bonds is 3. The molecule has 3 aromatic rings. The van der Waals surface area contributed by atoms with Gasteiger partial charge in [-0.25, -0.2) is 15.0 Å². The van der Waals surface area contributed by atoms with E-state index in [0.717, 1.165) is 55.7 Å². The van der Waals surface area contributed by atoms with Gasteiger partial charge >= 0.3 is 0 Å². The van der Waals surface area contributed by atoms with Gasteiger partial charge in [0.2, 0.25) is 0 Å². The molecule has 8 heteroatoms. The van der Waals surface area contributed by atoms with Crippen LogP contribution in [-0.4, -0.2) is 56.2 Å². The van der Waals surface area contributed by atoms with E-state index in [9.17, 15) is 0 Å². The fraction of sp³-hybridized carbons (Fsp3) is 0.467. The Balaban J connectivity index is 1.46. The minimum atomic E-state index is 0.801. The van der Waals surface area contributed by atoms with Crippen molar-refractivity contribution in [3.05, 3.63) is 28.9 Å². The molecule has 1 aliphatic heterocycles. The summed E-state index contributed by atoms with van der Waals surface area (Å²) in [6.45, 7) is 8.74. The Hall–Kier alpha value is -2.06. The maximum Gasteiger partial charge on any atom is 0.164 e. The van der Waals surface area contributed by atoms with Crippen LogP contribution in [0.2, 0.25) is 0 Å². The van der Waals surface area contributed by atoms with Gasteiger partial charge in [0, 0.05) is 26.2 Å². The van der Waals surface area contributed by atoms with E-state index >= 15 is 0 Å². The van der Waals surface area contributed by atoms with Gasteiger partial charge in [-0.3, -0.25) is 10.00 Å². The van der Waals surface area contributed by atoms with Crippen LogP contribution in [0.4, 0.5) is 5.82 Å². The summed E-state index contributed by atoms with van der Waals surface area (Å²) in [6, 6.07) is 0. The quantitative estimate of drug-likeness (QED) is 0.789. The molecule has 4 rings (SSSR count). The van der Waals surface area contributed by atoms with Gasteiger partial charge in [0.15, 0.2) is 5.82 Å². The Morgan fingerprint density at radius 3 is 2.74 bits per heavy atom. The summed E-state index contributed by atoms with van der Waals surface area (Å²) in [5, 5.41) is 9.28. The van der Waals surface area contributed by atoms with Crippen LogP contribution in [0.1, 0.15) is 17.2 Å². The Bertz CT molecular complexity index is 816. The van der Waals surface area contributed by atoms with Crippen LogP contribution < -0.4 is 4.90 Å². The van der Waals surface area contributed by atoms with Crippen molar-refractivity contribution in [3.63, 3.8) is 0 Å². The predicted molar refractivity (Wildman–Crippen MR) is 90.8 cm³/mol. The average Bonchev–Trinajstić information content (AvgIpc) is 3.14. The van der Waals surface area contributed by atoms with Crippen LogP contribution in [-0.2, 0) is 6.54 Å². The third-order valence-electron chi connectivity index (χ3n) is 4.19. The van der Waals surface area contributed by atoms with Crippen molar-refractivity contribution in [3.8, 4) is 0 Å². The normalized spacial score (nSPS) is 16.3. The number of fused-ring (bicyclic) bond motifs is 1. The Morgan fingerprint density at radius 1 is 1.17 bits per heavy atom. The van der Waals surface area contributed by atoms with Gasteiger partial charge in [-0.15, -0.1) is 11.3 Å². The van der Waals surface area contributed by atoms with Crippen molar-refractivity contribution in [2.45, 2.75) is 20.4 Å². The Labute approximate surface area is 138 Å². The van der Waals surface area contributed by atoms with Gasteiger partial charge < -0.3 is 4.90 Å². The second-order valence-electron chi connectivity index (χ2n) is 5.89. The maximum absolute atomic E-state index is 4.53. The zero-order chi connectivity index (χ0) is 15.8. The topological polar surface area (TPSA) is 73.8 Å². The van der Waals surface area contributed by atoms with Crippen LogP contribution in [0.3, 0.4) is 0 Å². The van der Waals surface area contributed by atoms with Crippen LogP contribution >= 0.6 is 11.3 Å². The molecule has 7 nitrogen and oxygen atoms in total. The Kier molecular flexibility index (Phi) is 3.70. The third-order valence-corrected chi connectivity index (χ3v) is 5.28. The minimum absolute atomic E-state index is 0.801. The highest BCUT2D eigenvalue weighted by Crippen LogP contribution is 2.31. The first-order chi connectivity index (χ1) is 11.2. The number of anilines is 1. The highest BCUT2D eigenvalue weighted by atomic mass is 32.1. The standard InChI is InChI=1S/C15H19N7S/c1-10-8-23-14-13(10)16-9-17-15(14)22-5-3-21(4-6-22)7-12-18-11(2)19-20-12/h8-9H,3-7H2,1-2H3,(H,18,19,20). The molecule has 23 heavy (non-hydrogen) atoms. The van der Waals surface area contributed by atoms with Gasteiger partial charge in [0.05, 0.1) is 16.8 Å². The number of hydrogen-bond acceptors (Lipinski definition) is 7. The molecule has 1 aliphatic rings. The first kappa shape index (κ1) is 14.5. The number of nitrogens with zero attached hydrogens (tertiary/aromatic N) is 6. The van der Waals surface area contributed by atoms with Gasteiger partial charge in [-0.2, -0.15) is 5.10 Å². The summed E-state index contributed by atoms with van der Waals surface area (Å²) in [5.41, 5.74) is 2.31. The zero-order valence-corrected chi connectivity index (χ0v) is 14.1. The monoisotopic (exact) mass is 329 g/mol. The lowest BCUT2D eigenvalue weighted by molar-refractivity contribution is 0.244. The molecular weight excluding hydrogens is 310 g/mol. The number of aromatic amines is 1. The molecule has 120 valence electrons. The summed E-state index contributed by atoms with van der Waals surface area (Å²) in [6.07, 6.45) is 1.68. The molecule has 0 saturated carbocycles. The molecule has 1 N–H and O–H groups in total. The van der Waals surface area contributed by atoms with E-state index in [4.69, 9.17) is 0 Å². The molecular formula is C15H19N7S. The summed E-state index contributed by atoms with van der Waals surface area (Å²) in [7, 11) is 0. The summed E-state index contributed by atoms with van der Waals surface area (Å²) < 4.78 is 1.20. The van der Waals surface area contributed by atoms with Crippen LogP contribution in [0.15, 0.2) is 11.7 Å². The molecule has 4 heterocycles. The molecule has 3 aromatic heterocycles. The molecule has 0 unspecified atom stereocenters. The largest absolute Gasteiger partial charge is 0.353 e. The lowest BCUT2D eigenvalue weighted by Crippen LogP contribution is -2.46. The Morgan fingerprint density at radius 2 is 2.00 bits per heavy atom. The predicted octanol–water partition coefficient (Wildman–Crippen LogP) is 1.75. The van der Waals surface area contributed by atoms with Crippen LogP contribution in [0, 0.1) is 13.8 Å². The lowest BCUT2D eigenvalue weighted by Gasteiger charge is -2.34. The van der Waals surface area contributed by atoms with Crippen molar-refractivity contribution in [1.29, 1.82) is 0 Å². The highest BCUT2D eigenvalue weighted by Gasteiger charge is 2.21. The second-order valence-corrected chi connectivity index (χ2v) is 6.77. The molecule has 1 saturated heterocycles. The van der Waals surface area contributed by atoms with Crippen molar-refractivity contribution in [2.24, 2.45) is 0 Å². The van der Waals surface area contributed by atoms with Gasteiger partial charge in [-0.1, -0.05) is 0 Å². The van der Waals surface area contributed by atoms with Gasteiger partial charge in [0.25, 0.3) is 0 Å². The summed E-state index contributed by atoms with van der Waals surface area (Å²) in [5.74, 6) is 2.81. The van der Waals surface area contributed by atoms with Gasteiger partial charge in [-0.05, 0) is 24.8 Å². The average molecular weight is 329 g/mol. The smallest absolute Gasteiger partial charge is 0.164 e. The molecule has 0 aromatic carbocycles. The van der Waals surface area contributed by atoms with E-state index in [0.29, 0.717) is 0 Å². The van der Waals surface area contributed by atoms with Crippen LogP contribution in [0.25, 0.3) is 10.2 Å². The molecule has 0 spiro atoms. The van der Waals surface area contributed by atoms with Crippen molar-refractivity contribution >= 4 is 27.4 Å². The van der Waals surface area contributed by atoms with E-state index < -0.39 is 0 Å². The van der Waals surface area contributed by atoms with Crippen LogP contribution in [0.5, 0.6) is 0 Å². The number of piperazine rings is 1. The molecule has 0 radical (unpaired) electrons. The molecule has 0 atom stereocenters. The molecule has 0 amide bonds. The highest BCUT2D eigenvalue weighted by molar-refractivity contribution is 7.18. The summed E-state index contributed by atoms with van der Waals surface area (Å²) >= 11 is 1.74. The minimum Gasteiger partial charge on any atom is -0.353 e. The molecule has 1 fully saturated rings. The van der Waals surface area contributed by atoms with E-state index in [1.165, 1.54) is 10.3 Å². The fourth-order valence-corrected chi connectivity index (χ4v) is 3.98. The van der Waals surface area contributed by atoms with E-state index in [1.54, 1.807) is 17.7 Å². The first-order valence-electron chi connectivity index (χ1n) is 7.74. The van der Waals surface area contributed by atoms with Crippen molar-refractivity contribution in [1.82, 2.24) is 30.0 Å². The molecule has 0 bridgehead atoms. The van der Waals surface area contributed by atoms with Crippen molar-refractivity contribution < 1.29 is 0 Å². The second kappa shape index (κ2) is 5.86. The number of nitrogens with one attached hydrogen (secondary N) is 1. The number of hydrogen-bond donors (Lipinski definition) is 1. The van der Waals surface area contributed by atoms with Gasteiger partial charge in [0.1, 0.15) is 18.0 Å². The first-order valence-corrected chi connectivity index (χ1v) is 8.62. The number of aromatic nitrogens is 5.